The van der Waals surface area contributed by atoms with E-state index in [4.69, 9.17) is 16.3 Å². The predicted molar refractivity (Wildman–Crippen MR) is 110 cm³/mol. The van der Waals surface area contributed by atoms with Crippen LogP contribution in [-0.4, -0.2) is 54.0 Å². The van der Waals surface area contributed by atoms with Crippen molar-refractivity contribution in [3.8, 4) is 5.75 Å². The lowest BCUT2D eigenvalue weighted by atomic mass is 10.1. The number of carbonyl (C=O) groups is 2. The number of carbonyl (C=O) groups excluding carboxylic acids is 2. The molecule has 2 aliphatic rings. The fraction of sp³-hybridized carbons (Fsp3) is 0.600. The van der Waals surface area contributed by atoms with Gasteiger partial charge in [0.05, 0.1) is 10.8 Å². The molecule has 2 fully saturated rings. The highest BCUT2D eigenvalue weighted by atomic mass is 35.5. The van der Waals surface area contributed by atoms with Crippen LogP contribution in [0.1, 0.15) is 48.9 Å². The third-order valence-corrected chi connectivity index (χ3v) is 6.07. The molecule has 1 heterocycles. The van der Waals surface area contributed by atoms with Gasteiger partial charge in [0.1, 0.15) is 11.9 Å². The van der Waals surface area contributed by atoms with Gasteiger partial charge in [0.2, 0.25) is 5.91 Å². The molecule has 7 heteroatoms. The van der Waals surface area contributed by atoms with E-state index in [0.29, 0.717) is 35.2 Å². The molecular weight excluding hydrogens is 384 g/mol. The molecule has 148 valence electrons. The number of benzene rings is 1. The summed E-state index contributed by atoms with van der Waals surface area (Å²) in [4.78, 5) is 26.2. The van der Waals surface area contributed by atoms with Crippen LogP contribution in [0.15, 0.2) is 18.2 Å². The van der Waals surface area contributed by atoms with E-state index in [2.05, 4.69) is 5.32 Å². The number of nitrogens with one attached hydrogen (secondary N) is 1. The van der Waals surface area contributed by atoms with Gasteiger partial charge in [0.25, 0.3) is 5.91 Å². The number of ether oxygens (including phenoxy) is 1. The van der Waals surface area contributed by atoms with Gasteiger partial charge >= 0.3 is 0 Å². The Morgan fingerprint density at radius 3 is 2.56 bits per heavy atom. The zero-order valence-corrected chi connectivity index (χ0v) is 17.3. The molecule has 1 N–H and O–H groups in total. The molecule has 1 aromatic rings. The van der Waals surface area contributed by atoms with E-state index in [0.717, 1.165) is 25.7 Å². The summed E-state index contributed by atoms with van der Waals surface area (Å²) in [5.41, 5.74) is 0.566. The second-order valence-electron chi connectivity index (χ2n) is 7.23. The minimum atomic E-state index is -0.0732. The van der Waals surface area contributed by atoms with Crippen molar-refractivity contribution in [2.75, 3.05) is 25.1 Å². The Bertz CT molecular complexity index is 671. The number of nitrogens with zero attached hydrogens (tertiary/aromatic N) is 1. The van der Waals surface area contributed by atoms with Crippen LogP contribution in [0.5, 0.6) is 5.75 Å². The molecule has 0 aromatic heterocycles. The van der Waals surface area contributed by atoms with E-state index >= 15 is 0 Å². The molecule has 3 rings (SSSR count). The summed E-state index contributed by atoms with van der Waals surface area (Å²) in [6.07, 6.45) is 8.03. The van der Waals surface area contributed by atoms with E-state index in [1.54, 1.807) is 30.0 Å². The van der Waals surface area contributed by atoms with Crippen molar-refractivity contribution in [1.29, 1.82) is 0 Å². The molecule has 0 unspecified atom stereocenters. The molecular formula is C20H27ClN2O3S. The number of hydrogen-bond acceptors (Lipinski definition) is 4. The van der Waals surface area contributed by atoms with Gasteiger partial charge in [-0.2, -0.15) is 11.8 Å². The van der Waals surface area contributed by atoms with Crippen molar-refractivity contribution in [1.82, 2.24) is 10.2 Å². The average molecular weight is 411 g/mol. The van der Waals surface area contributed by atoms with Gasteiger partial charge in [-0.05, 0) is 37.3 Å². The average Bonchev–Trinajstić information content (AvgIpc) is 3.17. The zero-order chi connectivity index (χ0) is 19.2. The molecule has 0 radical (unpaired) electrons. The first-order chi connectivity index (χ1) is 13.1. The Morgan fingerprint density at radius 1 is 1.22 bits per heavy atom. The smallest absolute Gasteiger partial charge is 0.251 e. The number of amides is 2. The van der Waals surface area contributed by atoms with Crippen LogP contribution in [0.3, 0.4) is 0 Å². The lowest BCUT2D eigenvalue weighted by Gasteiger charge is -2.32. The van der Waals surface area contributed by atoms with Gasteiger partial charge in [-0.1, -0.05) is 24.4 Å². The first-order valence-electron chi connectivity index (χ1n) is 9.60. The van der Waals surface area contributed by atoms with Crippen LogP contribution >= 0.6 is 23.4 Å². The van der Waals surface area contributed by atoms with Gasteiger partial charge in [-0.25, -0.2) is 0 Å². The fourth-order valence-corrected chi connectivity index (χ4v) is 4.35. The maximum atomic E-state index is 12.4. The van der Waals surface area contributed by atoms with Crippen molar-refractivity contribution >= 4 is 35.2 Å². The third-order valence-electron chi connectivity index (χ3n) is 5.24. The lowest BCUT2D eigenvalue weighted by molar-refractivity contribution is -0.130. The van der Waals surface area contributed by atoms with Crippen LogP contribution in [0, 0.1) is 0 Å². The van der Waals surface area contributed by atoms with Crippen molar-refractivity contribution < 1.29 is 14.3 Å². The number of halogens is 1. The topological polar surface area (TPSA) is 58.6 Å². The highest BCUT2D eigenvalue weighted by Gasteiger charge is 2.24. The lowest BCUT2D eigenvalue weighted by Crippen LogP contribution is -2.42. The first-order valence-corrected chi connectivity index (χ1v) is 11.4. The molecule has 0 spiro atoms. The second-order valence-corrected chi connectivity index (χ2v) is 8.50. The van der Waals surface area contributed by atoms with Crippen molar-refractivity contribution in [2.24, 2.45) is 0 Å². The van der Waals surface area contributed by atoms with Gasteiger partial charge in [-0.3, -0.25) is 9.59 Å². The summed E-state index contributed by atoms with van der Waals surface area (Å²) < 4.78 is 6.04. The van der Waals surface area contributed by atoms with Gasteiger partial charge in [0.15, 0.2) is 0 Å². The fourth-order valence-electron chi connectivity index (χ4n) is 3.69. The van der Waals surface area contributed by atoms with Crippen LogP contribution in [0.4, 0.5) is 0 Å². The van der Waals surface area contributed by atoms with E-state index in [-0.39, 0.29) is 24.0 Å². The molecule has 27 heavy (non-hydrogen) atoms. The summed E-state index contributed by atoms with van der Waals surface area (Å²) in [6.45, 7) is 1.42. The number of likely N-dealkylation sites (tertiary alicyclic amines) is 1. The molecule has 1 aromatic carbocycles. The molecule has 1 saturated heterocycles. The Hall–Kier alpha value is -1.40. The van der Waals surface area contributed by atoms with Gasteiger partial charge in [-0.15, -0.1) is 0 Å². The Morgan fingerprint density at radius 2 is 1.93 bits per heavy atom. The molecule has 5 nitrogen and oxygen atoms in total. The third kappa shape index (κ3) is 5.55. The molecule has 1 saturated carbocycles. The van der Waals surface area contributed by atoms with Crippen molar-refractivity contribution in [3.63, 3.8) is 0 Å². The SMILES string of the molecule is CSCC(=O)N1CCC(Oc2ccc(C(=O)NC3CCCC3)cc2Cl)CC1. The van der Waals surface area contributed by atoms with E-state index in [1.165, 1.54) is 12.8 Å². The minimum absolute atomic E-state index is 0.0407. The molecule has 0 atom stereocenters. The van der Waals surface area contributed by atoms with E-state index < -0.39 is 0 Å². The van der Waals surface area contributed by atoms with E-state index in [9.17, 15) is 9.59 Å². The van der Waals surface area contributed by atoms with Gasteiger partial charge < -0.3 is 15.0 Å². The molecule has 1 aliphatic carbocycles. The van der Waals surface area contributed by atoms with Crippen LogP contribution in [0.2, 0.25) is 5.02 Å². The second kappa shape index (κ2) is 9.69. The summed E-state index contributed by atoms with van der Waals surface area (Å²) in [5.74, 6) is 1.25. The van der Waals surface area contributed by atoms with Crippen LogP contribution in [0.25, 0.3) is 0 Å². The highest BCUT2D eigenvalue weighted by Crippen LogP contribution is 2.29. The monoisotopic (exact) mass is 410 g/mol. The summed E-state index contributed by atoms with van der Waals surface area (Å²) in [5, 5.41) is 3.53. The summed E-state index contributed by atoms with van der Waals surface area (Å²) in [7, 11) is 0. The maximum Gasteiger partial charge on any atom is 0.251 e. The zero-order valence-electron chi connectivity index (χ0n) is 15.7. The summed E-state index contributed by atoms with van der Waals surface area (Å²) in [6, 6.07) is 5.50. The normalized spacial score (nSPS) is 18.5. The van der Waals surface area contributed by atoms with Crippen molar-refractivity contribution in [3.05, 3.63) is 28.8 Å². The quantitative estimate of drug-likeness (QED) is 0.776. The minimum Gasteiger partial charge on any atom is -0.489 e. The Balaban J connectivity index is 1.52. The number of rotatable bonds is 6. The highest BCUT2D eigenvalue weighted by molar-refractivity contribution is 7.99. The number of piperidine rings is 1. The standard InChI is InChI=1S/C20H27ClN2O3S/c1-27-13-19(24)23-10-8-16(9-11-23)26-18-7-6-14(12-17(18)21)20(25)22-15-4-2-3-5-15/h6-7,12,15-16H,2-5,8-11,13H2,1H3,(H,22,25). The maximum absolute atomic E-state index is 12.4. The molecule has 0 bridgehead atoms. The first kappa shape index (κ1) is 20.3. The largest absolute Gasteiger partial charge is 0.489 e. The molecule has 2 amide bonds. The predicted octanol–water partition coefficient (Wildman–Crippen LogP) is 3.75. The Labute approximate surface area is 170 Å². The van der Waals surface area contributed by atoms with Crippen molar-refractivity contribution in [2.45, 2.75) is 50.7 Å². The Kier molecular flexibility index (Phi) is 7.30. The molecule has 1 aliphatic heterocycles. The van der Waals surface area contributed by atoms with Crippen LogP contribution < -0.4 is 10.1 Å². The number of thioether (sulfide) groups is 1. The van der Waals surface area contributed by atoms with E-state index in [1.807, 2.05) is 11.2 Å². The number of hydrogen-bond donors (Lipinski definition) is 1. The summed E-state index contributed by atoms with van der Waals surface area (Å²) >= 11 is 7.91. The van der Waals surface area contributed by atoms with Crippen LogP contribution in [-0.2, 0) is 4.79 Å². The van der Waals surface area contributed by atoms with Gasteiger partial charge in [0, 0.05) is 37.5 Å².